The molecule has 0 unspecified atom stereocenters. The summed E-state index contributed by atoms with van der Waals surface area (Å²) in [5, 5.41) is 7.75. The number of para-hydroxylation sites is 1. The lowest BCUT2D eigenvalue weighted by Crippen LogP contribution is -2.23. The Balaban J connectivity index is 1.68. The van der Waals surface area contributed by atoms with Gasteiger partial charge in [-0.1, -0.05) is 39.0 Å². The van der Waals surface area contributed by atoms with Gasteiger partial charge in [-0.2, -0.15) is 5.10 Å². The molecule has 1 aromatic carbocycles. The van der Waals surface area contributed by atoms with Gasteiger partial charge >= 0.3 is 0 Å². The Hall–Kier alpha value is -2.25. The highest BCUT2D eigenvalue weighted by Crippen LogP contribution is 2.18. The number of rotatable bonds is 5. The van der Waals surface area contributed by atoms with Crippen molar-refractivity contribution in [2.45, 2.75) is 39.4 Å². The molecular formula is C18H24N6S. The number of nitrogens with zero attached hydrogens (tertiary/aromatic N) is 5. The maximum Gasteiger partial charge on any atom is 0.217 e. The lowest BCUT2D eigenvalue weighted by Gasteiger charge is -2.17. The molecule has 132 valence electrons. The highest BCUT2D eigenvalue weighted by molar-refractivity contribution is 7.71. The Kier molecular flexibility index (Phi) is 4.87. The van der Waals surface area contributed by atoms with Gasteiger partial charge in [0.05, 0.1) is 18.6 Å². The van der Waals surface area contributed by atoms with E-state index in [-0.39, 0.29) is 5.41 Å². The van der Waals surface area contributed by atoms with Crippen molar-refractivity contribution in [2.24, 2.45) is 0 Å². The zero-order valence-corrected chi connectivity index (χ0v) is 15.9. The van der Waals surface area contributed by atoms with Crippen molar-refractivity contribution < 1.29 is 0 Å². The van der Waals surface area contributed by atoms with Crippen LogP contribution in [0.5, 0.6) is 0 Å². The smallest absolute Gasteiger partial charge is 0.217 e. The number of aromatic nitrogens is 5. The first-order chi connectivity index (χ1) is 11.8. The van der Waals surface area contributed by atoms with Gasteiger partial charge in [-0.05, 0) is 31.4 Å². The summed E-state index contributed by atoms with van der Waals surface area (Å²) < 4.78 is 4.37. The third-order valence-electron chi connectivity index (χ3n) is 3.88. The zero-order valence-electron chi connectivity index (χ0n) is 15.1. The van der Waals surface area contributed by atoms with Gasteiger partial charge in [0.25, 0.3) is 0 Å². The van der Waals surface area contributed by atoms with Gasteiger partial charge in [-0.25, -0.2) is 14.3 Å². The maximum atomic E-state index is 5.37. The summed E-state index contributed by atoms with van der Waals surface area (Å²) >= 11 is 5.37. The fourth-order valence-electron chi connectivity index (χ4n) is 2.55. The number of hydrogen-bond donors (Lipinski definition) is 1. The highest BCUT2D eigenvalue weighted by atomic mass is 32.1. The number of nitrogens with one attached hydrogen (secondary N) is 1. The SMILES string of the molecule is CN(Cc1cnn(-c2ccccc2)c1)Cn1[nH]c(C(C)(C)C)nc1=S. The molecule has 3 rings (SSSR count). The second-order valence-electron chi connectivity index (χ2n) is 7.32. The van der Waals surface area contributed by atoms with Crippen LogP contribution in [-0.2, 0) is 18.6 Å². The summed E-state index contributed by atoms with van der Waals surface area (Å²) in [5.41, 5.74) is 2.16. The van der Waals surface area contributed by atoms with Crippen molar-refractivity contribution in [2.75, 3.05) is 7.05 Å². The number of hydrogen-bond acceptors (Lipinski definition) is 4. The Labute approximate surface area is 153 Å². The molecule has 0 bridgehead atoms. The summed E-state index contributed by atoms with van der Waals surface area (Å²) in [6.07, 6.45) is 3.95. The zero-order chi connectivity index (χ0) is 18.0. The van der Waals surface area contributed by atoms with E-state index in [9.17, 15) is 0 Å². The van der Waals surface area contributed by atoms with Gasteiger partial charge in [0.15, 0.2) is 0 Å². The molecule has 0 saturated heterocycles. The third kappa shape index (κ3) is 4.24. The van der Waals surface area contributed by atoms with Crippen LogP contribution < -0.4 is 0 Å². The summed E-state index contributed by atoms with van der Waals surface area (Å²) in [4.78, 5) is 6.64. The lowest BCUT2D eigenvalue weighted by atomic mass is 9.96. The maximum absolute atomic E-state index is 5.37. The van der Waals surface area contributed by atoms with Gasteiger partial charge in [0, 0.05) is 23.7 Å². The normalized spacial score (nSPS) is 12.0. The van der Waals surface area contributed by atoms with E-state index in [1.807, 2.05) is 45.9 Å². The van der Waals surface area contributed by atoms with Crippen LogP contribution in [0.1, 0.15) is 32.2 Å². The predicted octanol–water partition coefficient (Wildman–Crippen LogP) is 3.51. The average Bonchev–Trinajstić information content (AvgIpc) is 3.15. The van der Waals surface area contributed by atoms with Crippen molar-refractivity contribution in [1.29, 1.82) is 0 Å². The molecule has 0 amide bonds. The van der Waals surface area contributed by atoms with Crippen molar-refractivity contribution in [3.05, 3.63) is 58.9 Å². The minimum absolute atomic E-state index is 0.0474. The van der Waals surface area contributed by atoms with E-state index < -0.39 is 0 Å². The fraction of sp³-hybridized carbons (Fsp3) is 0.389. The minimum Gasteiger partial charge on any atom is -0.283 e. The first-order valence-corrected chi connectivity index (χ1v) is 8.68. The molecule has 0 aliphatic carbocycles. The van der Waals surface area contributed by atoms with Crippen LogP contribution in [0.25, 0.3) is 5.69 Å². The van der Waals surface area contributed by atoms with Crippen LogP contribution in [-0.4, -0.2) is 36.5 Å². The van der Waals surface area contributed by atoms with E-state index in [0.29, 0.717) is 11.4 Å². The molecule has 3 aromatic rings. The van der Waals surface area contributed by atoms with Crippen LogP contribution in [0.15, 0.2) is 42.7 Å². The van der Waals surface area contributed by atoms with Crippen LogP contribution in [0.3, 0.4) is 0 Å². The first-order valence-electron chi connectivity index (χ1n) is 8.28. The standard InChI is InChI=1S/C18H24N6S/c1-18(2,3)16-20-17(25)24(21-16)13-22(4)11-14-10-19-23(12-14)15-8-6-5-7-9-15/h5-10,12H,11,13H2,1-4H3,(H,20,21,25). The largest absolute Gasteiger partial charge is 0.283 e. The van der Waals surface area contributed by atoms with Crippen molar-refractivity contribution in [1.82, 2.24) is 29.4 Å². The molecule has 0 fully saturated rings. The van der Waals surface area contributed by atoms with Crippen LogP contribution in [0.2, 0.25) is 0 Å². The van der Waals surface area contributed by atoms with Crippen LogP contribution >= 0.6 is 12.2 Å². The summed E-state index contributed by atoms with van der Waals surface area (Å²) in [5.74, 6) is 0.905. The summed E-state index contributed by atoms with van der Waals surface area (Å²) in [7, 11) is 2.05. The Morgan fingerprint density at radius 3 is 2.56 bits per heavy atom. The predicted molar refractivity (Wildman–Crippen MR) is 101 cm³/mol. The van der Waals surface area contributed by atoms with Crippen LogP contribution in [0, 0.1) is 4.77 Å². The molecule has 0 atom stereocenters. The molecule has 0 aliphatic heterocycles. The molecule has 0 radical (unpaired) electrons. The fourth-order valence-corrected chi connectivity index (χ4v) is 2.75. The third-order valence-corrected chi connectivity index (χ3v) is 4.19. The van der Waals surface area contributed by atoms with E-state index in [1.165, 1.54) is 0 Å². The van der Waals surface area contributed by atoms with Gasteiger partial charge in [-0.15, -0.1) is 0 Å². The minimum atomic E-state index is -0.0474. The van der Waals surface area contributed by atoms with Crippen molar-refractivity contribution in [3.63, 3.8) is 0 Å². The van der Waals surface area contributed by atoms with Gasteiger partial charge < -0.3 is 0 Å². The lowest BCUT2D eigenvalue weighted by molar-refractivity contribution is 0.243. The molecule has 6 nitrogen and oxygen atoms in total. The monoisotopic (exact) mass is 356 g/mol. The molecule has 0 spiro atoms. The Bertz CT molecular complexity index is 884. The molecule has 2 heterocycles. The van der Waals surface area contributed by atoms with Gasteiger partial charge in [-0.3, -0.25) is 10.00 Å². The van der Waals surface area contributed by atoms with Gasteiger partial charge in [0.1, 0.15) is 5.82 Å². The number of benzene rings is 1. The van der Waals surface area contributed by atoms with Crippen molar-refractivity contribution >= 4 is 12.2 Å². The summed E-state index contributed by atoms with van der Waals surface area (Å²) in [6.45, 7) is 7.78. The topological polar surface area (TPSA) is 54.7 Å². The van der Waals surface area contributed by atoms with E-state index in [2.05, 4.69) is 54.1 Å². The Morgan fingerprint density at radius 2 is 1.92 bits per heavy atom. The number of H-pyrrole nitrogens is 1. The van der Waals surface area contributed by atoms with E-state index in [0.717, 1.165) is 23.6 Å². The molecule has 2 aromatic heterocycles. The molecule has 0 saturated carbocycles. The summed E-state index contributed by atoms with van der Waals surface area (Å²) in [6, 6.07) is 10.1. The Morgan fingerprint density at radius 1 is 1.20 bits per heavy atom. The van der Waals surface area contributed by atoms with E-state index in [4.69, 9.17) is 12.2 Å². The number of aromatic amines is 1. The highest BCUT2D eigenvalue weighted by Gasteiger charge is 2.18. The first kappa shape index (κ1) is 17.6. The van der Waals surface area contributed by atoms with E-state index >= 15 is 0 Å². The van der Waals surface area contributed by atoms with Gasteiger partial charge in [0.2, 0.25) is 4.77 Å². The van der Waals surface area contributed by atoms with Crippen molar-refractivity contribution in [3.8, 4) is 5.69 Å². The molecular weight excluding hydrogens is 332 g/mol. The quantitative estimate of drug-likeness (QED) is 0.711. The molecule has 25 heavy (non-hydrogen) atoms. The van der Waals surface area contributed by atoms with E-state index in [1.54, 1.807) is 0 Å². The molecule has 7 heteroatoms. The molecule has 1 N–H and O–H groups in total. The molecule has 0 aliphatic rings. The van der Waals surface area contributed by atoms with Crippen LogP contribution in [0.4, 0.5) is 0 Å². The second kappa shape index (κ2) is 6.93. The average molecular weight is 356 g/mol. The second-order valence-corrected chi connectivity index (χ2v) is 7.68.